The highest BCUT2D eigenvalue weighted by Crippen LogP contribution is 2.25. The van der Waals surface area contributed by atoms with Gasteiger partial charge in [0.2, 0.25) is 0 Å². The summed E-state index contributed by atoms with van der Waals surface area (Å²) in [4.78, 5) is 12.0. The van der Waals surface area contributed by atoms with E-state index in [1.165, 1.54) is 0 Å². The zero-order chi connectivity index (χ0) is 21.0. The number of carboxylic acids is 1. The summed E-state index contributed by atoms with van der Waals surface area (Å²) < 4.78 is 7.29. The molecular formula is C23H25ClN2O3. The molecular weight excluding hydrogens is 388 g/mol. The summed E-state index contributed by atoms with van der Waals surface area (Å²) in [6, 6.07) is 15.4. The first-order valence-corrected chi connectivity index (χ1v) is 9.78. The van der Waals surface area contributed by atoms with Gasteiger partial charge in [0.1, 0.15) is 5.75 Å². The molecule has 0 unspecified atom stereocenters. The van der Waals surface area contributed by atoms with Gasteiger partial charge in [-0.2, -0.15) is 0 Å². The molecule has 1 heterocycles. The predicted octanol–water partition coefficient (Wildman–Crippen LogP) is 4.80. The lowest BCUT2D eigenvalue weighted by molar-refractivity contribution is 0.0694. The van der Waals surface area contributed by atoms with Crippen molar-refractivity contribution in [2.45, 2.75) is 33.5 Å². The molecule has 152 valence electrons. The fraction of sp³-hybridized carbons (Fsp3) is 0.261. The van der Waals surface area contributed by atoms with Crippen LogP contribution in [-0.4, -0.2) is 22.8 Å². The quantitative estimate of drug-likeness (QED) is 0.557. The van der Waals surface area contributed by atoms with Crippen LogP contribution in [0.15, 0.2) is 48.5 Å². The minimum absolute atomic E-state index is 0.364. The summed E-state index contributed by atoms with van der Waals surface area (Å²) in [5, 5.41) is 13.8. The Bertz CT molecular complexity index is 1030. The Hall–Kier alpha value is -2.76. The molecule has 0 amide bonds. The summed E-state index contributed by atoms with van der Waals surface area (Å²) in [6.07, 6.45) is 0. The van der Waals surface area contributed by atoms with Crippen LogP contribution in [0.25, 0.3) is 0 Å². The average molecular weight is 413 g/mol. The number of rotatable bonds is 8. The van der Waals surface area contributed by atoms with Crippen molar-refractivity contribution in [3.63, 3.8) is 0 Å². The van der Waals surface area contributed by atoms with Gasteiger partial charge in [0.25, 0.3) is 0 Å². The summed E-state index contributed by atoms with van der Waals surface area (Å²) in [6.45, 7) is 5.48. The third-order valence-electron chi connectivity index (χ3n) is 5.12. The van der Waals surface area contributed by atoms with Crippen molar-refractivity contribution in [2.75, 3.05) is 7.11 Å². The van der Waals surface area contributed by atoms with Crippen molar-refractivity contribution in [3.05, 3.63) is 87.2 Å². The third kappa shape index (κ3) is 4.81. The van der Waals surface area contributed by atoms with E-state index in [2.05, 4.69) is 5.32 Å². The van der Waals surface area contributed by atoms with Crippen molar-refractivity contribution in [3.8, 4) is 5.75 Å². The fourth-order valence-corrected chi connectivity index (χ4v) is 3.83. The maximum atomic E-state index is 12.0. The van der Waals surface area contributed by atoms with E-state index in [0.717, 1.165) is 33.8 Å². The van der Waals surface area contributed by atoms with E-state index in [0.29, 0.717) is 30.2 Å². The van der Waals surface area contributed by atoms with Crippen molar-refractivity contribution in [2.24, 2.45) is 0 Å². The molecule has 0 saturated heterocycles. The number of methoxy groups -OCH3 is 1. The molecule has 0 spiro atoms. The van der Waals surface area contributed by atoms with Crippen LogP contribution in [0, 0.1) is 13.8 Å². The van der Waals surface area contributed by atoms with Crippen LogP contribution in [-0.2, 0) is 19.6 Å². The molecule has 2 N–H and O–H groups in total. The lowest BCUT2D eigenvalue weighted by Crippen LogP contribution is -2.15. The van der Waals surface area contributed by atoms with Crippen LogP contribution in [0.2, 0.25) is 5.02 Å². The lowest BCUT2D eigenvalue weighted by atomic mass is 10.1. The van der Waals surface area contributed by atoms with Crippen molar-refractivity contribution >= 4 is 17.6 Å². The van der Waals surface area contributed by atoms with Gasteiger partial charge in [-0.25, -0.2) is 4.79 Å². The normalized spacial score (nSPS) is 10.9. The first-order valence-electron chi connectivity index (χ1n) is 9.40. The van der Waals surface area contributed by atoms with E-state index in [1.807, 2.05) is 66.9 Å². The summed E-state index contributed by atoms with van der Waals surface area (Å²) in [5.41, 5.74) is 4.97. The Morgan fingerprint density at radius 1 is 1.07 bits per heavy atom. The second-order valence-corrected chi connectivity index (χ2v) is 7.44. The zero-order valence-electron chi connectivity index (χ0n) is 16.8. The van der Waals surface area contributed by atoms with Crippen LogP contribution >= 0.6 is 11.6 Å². The minimum Gasteiger partial charge on any atom is -0.497 e. The van der Waals surface area contributed by atoms with Crippen LogP contribution in [0.3, 0.4) is 0 Å². The molecule has 29 heavy (non-hydrogen) atoms. The second kappa shape index (κ2) is 9.16. The zero-order valence-corrected chi connectivity index (χ0v) is 17.6. The molecule has 6 heteroatoms. The van der Waals surface area contributed by atoms with Crippen LogP contribution in [0.1, 0.15) is 38.4 Å². The Balaban J connectivity index is 1.82. The fourth-order valence-electron chi connectivity index (χ4n) is 3.62. The molecule has 0 fully saturated rings. The number of halogens is 1. The van der Waals surface area contributed by atoms with Crippen LogP contribution in [0.5, 0.6) is 5.75 Å². The Morgan fingerprint density at radius 3 is 2.48 bits per heavy atom. The van der Waals surface area contributed by atoms with E-state index in [-0.39, 0.29) is 0 Å². The number of ether oxygens (including phenoxy) is 1. The first kappa shape index (κ1) is 21.0. The standard InChI is InChI=1S/C23H25ClN2O3/c1-15-21(13-25-12-17-6-5-9-20(11-17)29-3)22(23(27)28)16(2)26(15)14-18-7-4-8-19(24)10-18/h4-11,25H,12-14H2,1-3H3,(H,27,28). The van der Waals surface area contributed by atoms with E-state index in [4.69, 9.17) is 16.3 Å². The van der Waals surface area contributed by atoms with Gasteiger partial charge in [-0.15, -0.1) is 0 Å². The number of aromatic nitrogens is 1. The number of hydrogen-bond acceptors (Lipinski definition) is 3. The number of nitrogens with one attached hydrogen (secondary N) is 1. The molecule has 0 aliphatic carbocycles. The van der Waals surface area contributed by atoms with Gasteiger partial charge >= 0.3 is 5.97 Å². The smallest absolute Gasteiger partial charge is 0.337 e. The Morgan fingerprint density at radius 2 is 1.79 bits per heavy atom. The molecule has 0 aliphatic rings. The summed E-state index contributed by atoms with van der Waals surface area (Å²) >= 11 is 6.10. The molecule has 0 aliphatic heterocycles. The van der Waals surface area contributed by atoms with Gasteiger partial charge in [-0.05, 0) is 49.2 Å². The Kier molecular flexibility index (Phi) is 6.62. The third-order valence-corrected chi connectivity index (χ3v) is 5.35. The number of carboxylic acid groups (broad SMARTS) is 1. The monoisotopic (exact) mass is 412 g/mol. The number of nitrogens with zero attached hydrogens (tertiary/aromatic N) is 1. The Labute approximate surface area is 175 Å². The molecule has 0 bridgehead atoms. The van der Waals surface area contributed by atoms with Gasteiger partial charge in [-0.3, -0.25) is 0 Å². The number of benzene rings is 2. The van der Waals surface area contributed by atoms with Crippen molar-refractivity contribution in [1.29, 1.82) is 0 Å². The number of hydrogen-bond donors (Lipinski definition) is 2. The van der Waals surface area contributed by atoms with E-state index >= 15 is 0 Å². The van der Waals surface area contributed by atoms with Crippen molar-refractivity contribution < 1.29 is 14.6 Å². The highest BCUT2D eigenvalue weighted by Gasteiger charge is 2.22. The SMILES string of the molecule is COc1cccc(CNCc2c(C(=O)O)c(C)n(Cc3cccc(Cl)c3)c2C)c1. The van der Waals surface area contributed by atoms with Gasteiger partial charge in [-0.1, -0.05) is 35.9 Å². The molecule has 0 radical (unpaired) electrons. The highest BCUT2D eigenvalue weighted by molar-refractivity contribution is 6.30. The van der Waals surface area contributed by atoms with Gasteiger partial charge in [0, 0.05) is 41.6 Å². The maximum Gasteiger partial charge on any atom is 0.337 e. The number of aromatic carboxylic acids is 1. The van der Waals surface area contributed by atoms with Crippen molar-refractivity contribution in [1.82, 2.24) is 9.88 Å². The largest absolute Gasteiger partial charge is 0.497 e. The van der Waals surface area contributed by atoms with Gasteiger partial charge in [0.05, 0.1) is 12.7 Å². The molecule has 5 nitrogen and oxygen atoms in total. The molecule has 3 aromatic rings. The first-order chi connectivity index (χ1) is 13.9. The van der Waals surface area contributed by atoms with E-state index in [9.17, 15) is 9.90 Å². The summed E-state index contributed by atoms with van der Waals surface area (Å²) in [5.74, 6) is -0.108. The lowest BCUT2D eigenvalue weighted by Gasteiger charge is -2.11. The number of carbonyl (C=O) groups is 1. The van der Waals surface area contributed by atoms with E-state index < -0.39 is 5.97 Å². The molecule has 1 aromatic heterocycles. The predicted molar refractivity (Wildman–Crippen MR) is 115 cm³/mol. The van der Waals surface area contributed by atoms with E-state index in [1.54, 1.807) is 7.11 Å². The summed E-state index contributed by atoms with van der Waals surface area (Å²) in [7, 11) is 1.64. The van der Waals surface area contributed by atoms with Gasteiger partial charge in [0.15, 0.2) is 0 Å². The molecule has 0 saturated carbocycles. The molecule has 3 rings (SSSR count). The molecule has 0 atom stereocenters. The van der Waals surface area contributed by atoms with Gasteiger partial charge < -0.3 is 19.7 Å². The van der Waals surface area contributed by atoms with Crippen LogP contribution < -0.4 is 10.1 Å². The minimum atomic E-state index is -0.909. The highest BCUT2D eigenvalue weighted by atomic mass is 35.5. The maximum absolute atomic E-state index is 12.0. The topological polar surface area (TPSA) is 63.5 Å². The second-order valence-electron chi connectivity index (χ2n) is 7.00. The molecule has 2 aromatic carbocycles. The average Bonchev–Trinajstić information content (AvgIpc) is 2.93. The van der Waals surface area contributed by atoms with Crippen LogP contribution in [0.4, 0.5) is 0 Å².